The summed E-state index contributed by atoms with van der Waals surface area (Å²) in [5.74, 6) is 0.206. The van der Waals surface area contributed by atoms with Crippen LogP contribution >= 0.6 is 11.3 Å². The predicted octanol–water partition coefficient (Wildman–Crippen LogP) is 1.33. The van der Waals surface area contributed by atoms with E-state index in [9.17, 15) is 4.79 Å². The predicted molar refractivity (Wildman–Crippen MR) is 40.2 cm³/mol. The number of nitrogens with two attached hydrogens (primary N) is 1. The molecule has 0 aromatic carbocycles. The zero-order valence-corrected chi connectivity index (χ0v) is 6.15. The molecule has 10 heavy (non-hydrogen) atoms. The molecule has 2 rings (SSSR count). The van der Waals surface area contributed by atoms with Gasteiger partial charge in [-0.2, -0.15) is 0 Å². The van der Waals surface area contributed by atoms with Crippen molar-refractivity contribution in [2.75, 3.05) is 0 Å². The average Bonchev–Trinajstić information content (AvgIpc) is 2.39. The number of carbonyl (C=O) groups excluding carboxylic acids is 1. The quantitative estimate of drug-likeness (QED) is 0.611. The fourth-order valence-corrected chi connectivity index (χ4v) is 2.16. The third-order valence-corrected chi connectivity index (χ3v) is 2.72. The average molecular weight is 153 g/mol. The summed E-state index contributed by atoms with van der Waals surface area (Å²) in [7, 11) is 0. The Morgan fingerprint density at radius 2 is 2.50 bits per heavy atom. The highest BCUT2D eigenvalue weighted by molar-refractivity contribution is 7.12. The lowest BCUT2D eigenvalue weighted by Gasteiger charge is -1.95. The van der Waals surface area contributed by atoms with Crippen molar-refractivity contribution >= 4 is 17.1 Å². The van der Waals surface area contributed by atoms with E-state index < -0.39 is 0 Å². The van der Waals surface area contributed by atoms with E-state index in [1.54, 1.807) is 0 Å². The highest BCUT2D eigenvalue weighted by Gasteiger charge is 2.27. The Hall–Kier alpha value is -0.670. The molecule has 0 fully saturated rings. The second-order valence-electron chi connectivity index (χ2n) is 2.44. The first-order valence-corrected chi connectivity index (χ1v) is 4.03. The lowest BCUT2D eigenvalue weighted by Crippen LogP contribution is -2.05. The lowest BCUT2D eigenvalue weighted by molar-refractivity contribution is 0.0992. The van der Waals surface area contributed by atoms with Crippen LogP contribution in [0.15, 0.2) is 11.4 Å². The molecule has 1 aromatic rings. The molecular formula is C7H7NOS. The second-order valence-corrected chi connectivity index (χ2v) is 3.35. The third-order valence-electron chi connectivity index (χ3n) is 1.75. The minimum Gasteiger partial charge on any atom is -0.324 e. The normalized spacial score (nSPS) is 23.3. The van der Waals surface area contributed by atoms with Gasteiger partial charge >= 0.3 is 0 Å². The summed E-state index contributed by atoms with van der Waals surface area (Å²) in [5, 5.41) is 1.92. The van der Waals surface area contributed by atoms with Crippen molar-refractivity contribution in [3.63, 3.8) is 0 Å². The maximum absolute atomic E-state index is 11.1. The number of fused-ring (bicyclic) bond motifs is 1. The van der Waals surface area contributed by atoms with Crippen LogP contribution in [0.4, 0.5) is 0 Å². The van der Waals surface area contributed by atoms with Crippen molar-refractivity contribution in [3.05, 3.63) is 21.9 Å². The van der Waals surface area contributed by atoms with Gasteiger partial charge in [-0.25, -0.2) is 0 Å². The molecular weight excluding hydrogens is 146 g/mol. The van der Waals surface area contributed by atoms with Gasteiger partial charge in [0.05, 0.1) is 4.88 Å². The molecule has 1 aromatic heterocycles. The van der Waals surface area contributed by atoms with Crippen molar-refractivity contribution in [2.45, 2.75) is 12.5 Å². The largest absolute Gasteiger partial charge is 0.324 e. The fourth-order valence-electron chi connectivity index (χ4n) is 1.24. The molecule has 0 aliphatic heterocycles. The SMILES string of the molecule is NC1CC(=O)c2sccc21. The van der Waals surface area contributed by atoms with Gasteiger partial charge in [-0.1, -0.05) is 0 Å². The van der Waals surface area contributed by atoms with Gasteiger partial charge in [0.25, 0.3) is 0 Å². The summed E-state index contributed by atoms with van der Waals surface area (Å²) in [6.45, 7) is 0. The molecule has 1 aliphatic carbocycles. The van der Waals surface area contributed by atoms with Crippen LogP contribution in [-0.4, -0.2) is 5.78 Å². The number of rotatable bonds is 0. The number of Topliss-reactive ketones (excluding diaryl/α,β-unsaturated/α-hetero) is 1. The van der Waals surface area contributed by atoms with Crippen LogP contribution in [0.1, 0.15) is 27.7 Å². The Morgan fingerprint density at radius 3 is 3.20 bits per heavy atom. The Morgan fingerprint density at radius 1 is 1.70 bits per heavy atom. The van der Waals surface area contributed by atoms with Crippen LogP contribution in [0, 0.1) is 0 Å². The summed E-state index contributed by atoms with van der Waals surface area (Å²) < 4.78 is 0. The first kappa shape index (κ1) is 6.07. The van der Waals surface area contributed by atoms with Gasteiger partial charge in [0.1, 0.15) is 0 Å². The van der Waals surface area contributed by atoms with Gasteiger partial charge in [0.2, 0.25) is 0 Å². The molecule has 1 heterocycles. The van der Waals surface area contributed by atoms with Crippen molar-refractivity contribution in [1.82, 2.24) is 0 Å². The number of carbonyl (C=O) groups is 1. The van der Waals surface area contributed by atoms with E-state index in [4.69, 9.17) is 5.73 Å². The third kappa shape index (κ3) is 0.646. The van der Waals surface area contributed by atoms with Crippen LogP contribution in [-0.2, 0) is 0 Å². The zero-order chi connectivity index (χ0) is 7.14. The van der Waals surface area contributed by atoms with Gasteiger partial charge in [-0.05, 0) is 17.0 Å². The van der Waals surface area contributed by atoms with Gasteiger partial charge in [0, 0.05) is 12.5 Å². The van der Waals surface area contributed by atoms with Crippen molar-refractivity contribution < 1.29 is 4.79 Å². The molecule has 52 valence electrons. The van der Waals surface area contributed by atoms with E-state index in [1.165, 1.54) is 11.3 Å². The van der Waals surface area contributed by atoms with Crippen LogP contribution in [0.2, 0.25) is 0 Å². The number of thiophene rings is 1. The van der Waals surface area contributed by atoms with Crippen molar-refractivity contribution in [1.29, 1.82) is 0 Å². The smallest absolute Gasteiger partial charge is 0.175 e. The summed E-state index contributed by atoms with van der Waals surface area (Å²) in [6, 6.07) is 1.91. The summed E-state index contributed by atoms with van der Waals surface area (Å²) in [4.78, 5) is 11.9. The maximum atomic E-state index is 11.1. The van der Waals surface area contributed by atoms with Gasteiger partial charge in [-0.15, -0.1) is 11.3 Å². The van der Waals surface area contributed by atoms with Crippen molar-refractivity contribution in [2.24, 2.45) is 5.73 Å². The van der Waals surface area contributed by atoms with Crippen LogP contribution in [0.25, 0.3) is 0 Å². The fraction of sp³-hybridized carbons (Fsp3) is 0.286. The molecule has 2 nitrogen and oxygen atoms in total. The Balaban J connectivity index is 2.58. The summed E-state index contributed by atoms with van der Waals surface area (Å²) in [5.41, 5.74) is 6.70. The summed E-state index contributed by atoms with van der Waals surface area (Å²) >= 11 is 1.49. The molecule has 0 bridgehead atoms. The molecule has 3 heteroatoms. The van der Waals surface area contributed by atoms with Crippen molar-refractivity contribution in [3.8, 4) is 0 Å². The van der Waals surface area contributed by atoms with E-state index >= 15 is 0 Å². The van der Waals surface area contributed by atoms with E-state index in [0.717, 1.165) is 10.4 Å². The Kier molecular flexibility index (Phi) is 1.16. The highest BCUT2D eigenvalue weighted by Crippen LogP contribution is 2.32. The van der Waals surface area contributed by atoms with E-state index in [-0.39, 0.29) is 11.8 Å². The second kappa shape index (κ2) is 1.90. The Labute approximate surface area is 62.7 Å². The molecule has 0 spiro atoms. The summed E-state index contributed by atoms with van der Waals surface area (Å²) in [6.07, 6.45) is 0.502. The molecule has 1 unspecified atom stereocenters. The molecule has 0 saturated heterocycles. The zero-order valence-electron chi connectivity index (χ0n) is 5.33. The monoisotopic (exact) mass is 153 g/mol. The van der Waals surface area contributed by atoms with Gasteiger partial charge in [-0.3, -0.25) is 4.79 Å². The molecule has 2 N–H and O–H groups in total. The lowest BCUT2D eigenvalue weighted by atomic mass is 10.2. The molecule has 0 saturated carbocycles. The molecule has 0 radical (unpaired) electrons. The van der Waals surface area contributed by atoms with E-state index in [2.05, 4.69) is 0 Å². The minimum absolute atomic E-state index is 0.0336. The molecule has 1 atom stereocenters. The van der Waals surface area contributed by atoms with Crippen LogP contribution < -0.4 is 5.73 Å². The van der Waals surface area contributed by atoms with E-state index in [0.29, 0.717) is 6.42 Å². The maximum Gasteiger partial charge on any atom is 0.175 e. The number of ketones is 1. The van der Waals surface area contributed by atoms with Gasteiger partial charge < -0.3 is 5.73 Å². The highest BCUT2D eigenvalue weighted by atomic mass is 32.1. The van der Waals surface area contributed by atoms with Gasteiger partial charge in [0.15, 0.2) is 5.78 Å². The first-order valence-electron chi connectivity index (χ1n) is 3.15. The Bertz CT molecular complexity index is 279. The van der Waals surface area contributed by atoms with Crippen LogP contribution in [0.5, 0.6) is 0 Å². The van der Waals surface area contributed by atoms with Crippen LogP contribution in [0.3, 0.4) is 0 Å². The minimum atomic E-state index is -0.0336. The number of hydrogen-bond donors (Lipinski definition) is 1. The number of hydrogen-bond acceptors (Lipinski definition) is 3. The first-order chi connectivity index (χ1) is 4.79. The molecule has 1 aliphatic rings. The van der Waals surface area contributed by atoms with E-state index in [1.807, 2.05) is 11.4 Å². The topological polar surface area (TPSA) is 43.1 Å². The molecule has 0 amide bonds. The standard InChI is InChI=1S/C7H7NOS/c8-5-3-6(9)7-4(5)1-2-10-7/h1-2,5H,3,8H2.